The molecule has 24 heavy (non-hydrogen) atoms. The lowest BCUT2D eigenvalue weighted by Crippen LogP contribution is -2.42. The third-order valence-electron chi connectivity index (χ3n) is 4.73. The Bertz CT molecular complexity index is 509. The lowest BCUT2D eigenvalue weighted by Gasteiger charge is -2.35. The first-order valence-corrected chi connectivity index (χ1v) is 9.27. The zero-order valence-electron chi connectivity index (χ0n) is 15.6. The highest BCUT2D eigenvalue weighted by atomic mass is 16.5. The summed E-state index contributed by atoms with van der Waals surface area (Å²) in [6.45, 7) is 9.53. The van der Waals surface area contributed by atoms with Crippen LogP contribution in [0.4, 0.5) is 0 Å². The predicted molar refractivity (Wildman–Crippen MR) is 96.6 cm³/mol. The number of carbonyl (C=O) groups excluding carboxylic acids is 1. The molecule has 1 aromatic carbocycles. The summed E-state index contributed by atoms with van der Waals surface area (Å²) in [5.41, 5.74) is 0.677. The van der Waals surface area contributed by atoms with E-state index in [1.807, 2.05) is 18.2 Å². The topological polar surface area (TPSA) is 35.5 Å². The Kier molecular flexibility index (Phi) is 6.85. The van der Waals surface area contributed by atoms with E-state index in [2.05, 4.69) is 39.8 Å². The normalized spacial score (nSPS) is 23.8. The first-order chi connectivity index (χ1) is 11.4. The van der Waals surface area contributed by atoms with Crippen molar-refractivity contribution in [1.82, 2.24) is 0 Å². The van der Waals surface area contributed by atoms with E-state index in [9.17, 15) is 4.79 Å². The van der Waals surface area contributed by atoms with Gasteiger partial charge in [0.1, 0.15) is 0 Å². The average Bonchev–Trinajstić information content (AvgIpc) is 2.94. The first kappa shape index (κ1) is 19.0. The Hall–Kier alpha value is -1.35. The predicted octanol–water partition coefficient (Wildman–Crippen LogP) is 4.99. The van der Waals surface area contributed by atoms with Gasteiger partial charge in [-0.15, -0.1) is 0 Å². The molecule has 0 radical (unpaired) electrons. The van der Waals surface area contributed by atoms with Gasteiger partial charge in [-0.3, -0.25) is 4.79 Å². The van der Waals surface area contributed by atoms with E-state index in [0.717, 1.165) is 31.2 Å². The molecule has 0 spiro atoms. The maximum Gasteiger partial charge on any atom is 0.314 e. The summed E-state index contributed by atoms with van der Waals surface area (Å²) < 4.78 is 11.9. The Morgan fingerprint density at radius 3 is 2.50 bits per heavy atom. The second-order valence-corrected chi connectivity index (χ2v) is 7.92. The number of benzene rings is 1. The van der Waals surface area contributed by atoms with E-state index in [4.69, 9.17) is 9.47 Å². The van der Waals surface area contributed by atoms with Crippen molar-refractivity contribution < 1.29 is 14.3 Å². The van der Waals surface area contributed by atoms with Crippen molar-refractivity contribution in [2.24, 2.45) is 17.3 Å². The molecule has 0 amide bonds. The minimum absolute atomic E-state index is 0.0419. The molecule has 2 rings (SSSR count). The molecule has 1 aliphatic carbocycles. The smallest absolute Gasteiger partial charge is 0.314 e. The molecule has 3 heteroatoms. The van der Waals surface area contributed by atoms with E-state index < -0.39 is 5.41 Å². The first-order valence-electron chi connectivity index (χ1n) is 9.27. The molecule has 0 heterocycles. The zero-order valence-corrected chi connectivity index (χ0v) is 15.6. The summed E-state index contributed by atoms with van der Waals surface area (Å²) in [5, 5.41) is 0. The third kappa shape index (κ3) is 4.83. The molecule has 2 atom stereocenters. The van der Waals surface area contributed by atoms with Gasteiger partial charge in [-0.2, -0.15) is 0 Å². The fraction of sp³-hybridized carbons (Fsp3) is 0.667. The summed E-state index contributed by atoms with van der Waals surface area (Å²) >= 11 is 0. The van der Waals surface area contributed by atoms with Crippen LogP contribution in [0.2, 0.25) is 0 Å². The van der Waals surface area contributed by atoms with Crippen molar-refractivity contribution in [3.8, 4) is 0 Å². The number of ether oxygens (including phenoxy) is 2. The van der Waals surface area contributed by atoms with Gasteiger partial charge in [-0.05, 0) is 43.1 Å². The van der Waals surface area contributed by atoms with Crippen LogP contribution in [-0.2, 0) is 20.9 Å². The average molecular weight is 332 g/mol. The highest BCUT2D eigenvalue weighted by Gasteiger charge is 2.51. The van der Waals surface area contributed by atoms with Crippen molar-refractivity contribution in [2.45, 2.75) is 66.1 Å². The maximum absolute atomic E-state index is 12.9. The van der Waals surface area contributed by atoms with Crippen molar-refractivity contribution in [3.63, 3.8) is 0 Å². The van der Waals surface area contributed by atoms with E-state index in [1.54, 1.807) is 0 Å². The van der Waals surface area contributed by atoms with Crippen molar-refractivity contribution in [2.75, 3.05) is 6.61 Å². The molecular formula is C21H32O3. The third-order valence-corrected chi connectivity index (χ3v) is 4.73. The minimum atomic E-state index is -0.474. The quantitative estimate of drug-likeness (QED) is 0.629. The molecule has 1 fully saturated rings. The van der Waals surface area contributed by atoms with Crippen LogP contribution in [-0.4, -0.2) is 18.7 Å². The molecule has 0 aliphatic heterocycles. The van der Waals surface area contributed by atoms with Gasteiger partial charge in [-0.1, -0.05) is 58.0 Å². The van der Waals surface area contributed by atoms with Gasteiger partial charge < -0.3 is 9.47 Å². The molecule has 2 unspecified atom stereocenters. The number of esters is 1. The van der Waals surface area contributed by atoms with E-state index in [-0.39, 0.29) is 12.1 Å². The highest BCUT2D eigenvalue weighted by Crippen LogP contribution is 2.46. The Morgan fingerprint density at radius 1 is 1.17 bits per heavy atom. The molecule has 0 aromatic heterocycles. The summed E-state index contributed by atoms with van der Waals surface area (Å²) in [5.74, 6) is 0.744. The summed E-state index contributed by atoms with van der Waals surface area (Å²) in [4.78, 5) is 12.9. The Morgan fingerprint density at radius 2 is 1.88 bits per heavy atom. The zero-order chi connectivity index (χ0) is 17.6. The van der Waals surface area contributed by atoms with E-state index >= 15 is 0 Å². The Balaban J connectivity index is 2.09. The molecule has 0 bridgehead atoms. The SMILES string of the molecule is CC(C)COC(=O)C1(CC(C)C)CCCC1OCc1ccccc1. The highest BCUT2D eigenvalue weighted by molar-refractivity contribution is 5.78. The van der Waals surface area contributed by atoms with Crippen molar-refractivity contribution in [1.29, 1.82) is 0 Å². The van der Waals surface area contributed by atoms with Gasteiger partial charge >= 0.3 is 5.97 Å². The Labute approximate surface area is 146 Å². The molecule has 0 saturated heterocycles. The largest absolute Gasteiger partial charge is 0.465 e. The van der Waals surface area contributed by atoms with Crippen LogP contribution in [0, 0.1) is 17.3 Å². The summed E-state index contributed by atoms with van der Waals surface area (Å²) in [6.07, 6.45) is 3.64. The summed E-state index contributed by atoms with van der Waals surface area (Å²) in [7, 11) is 0. The van der Waals surface area contributed by atoms with Crippen LogP contribution < -0.4 is 0 Å². The van der Waals surface area contributed by atoms with Gasteiger partial charge in [-0.25, -0.2) is 0 Å². The summed E-state index contributed by atoms with van der Waals surface area (Å²) in [6, 6.07) is 10.2. The fourth-order valence-electron chi connectivity index (χ4n) is 3.72. The van der Waals surface area contributed by atoms with Gasteiger partial charge in [0.2, 0.25) is 0 Å². The van der Waals surface area contributed by atoms with Crippen LogP contribution in [0.1, 0.15) is 58.9 Å². The lowest BCUT2D eigenvalue weighted by molar-refractivity contribution is -0.168. The molecule has 0 N–H and O–H groups in total. The van der Waals surface area contributed by atoms with E-state index in [0.29, 0.717) is 25.0 Å². The molecule has 1 aromatic rings. The van der Waals surface area contributed by atoms with Crippen molar-refractivity contribution in [3.05, 3.63) is 35.9 Å². The number of hydrogen-bond acceptors (Lipinski definition) is 3. The van der Waals surface area contributed by atoms with E-state index in [1.165, 1.54) is 0 Å². The standard InChI is InChI=1S/C21H32O3/c1-16(2)13-21(20(22)24-14-17(3)4)12-8-11-19(21)23-15-18-9-6-5-7-10-18/h5-7,9-10,16-17,19H,8,11-15H2,1-4H3. The van der Waals surface area contributed by atoms with Crippen LogP contribution in [0.15, 0.2) is 30.3 Å². The van der Waals surface area contributed by atoms with Gasteiger partial charge in [0.15, 0.2) is 0 Å². The number of hydrogen-bond donors (Lipinski definition) is 0. The molecular weight excluding hydrogens is 300 g/mol. The number of rotatable bonds is 8. The lowest BCUT2D eigenvalue weighted by atomic mass is 9.76. The maximum atomic E-state index is 12.9. The second-order valence-electron chi connectivity index (χ2n) is 7.92. The van der Waals surface area contributed by atoms with Crippen LogP contribution in [0.3, 0.4) is 0 Å². The molecule has 134 valence electrons. The monoisotopic (exact) mass is 332 g/mol. The van der Waals surface area contributed by atoms with Gasteiger partial charge in [0, 0.05) is 0 Å². The van der Waals surface area contributed by atoms with Crippen LogP contribution >= 0.6 is 0 Å². The molecule has 1 aliphatic rings. The molecule has 1 saturated carbocycles. The van der Waals surface area contributed by atoms with Crippen molar-refractivity contribution >= 4 is 5.97 Å². The minimum Gasteiger partial charge on any atom is -0.465 e. The molecule has 3 nitrogen and oxygen atoms in total. The van der Waals surface area contributed by atoms with Crippen LogP contribution in [0.25, 0.3) is 0 Å². The van der Waals surface area contributed by atoms with Crippen LogP contribution in [0.5, 0.6) is 0 Å². The van der Waals surface area contributed by atoms with Gasteiger partial charge in [0.05, 0.1) is 24.7 Å². The second kappa shape index (κ2) is 8.66. The number of carbonyl (C=O) groups is 1. The fourth-order valence-corrected chi connectivity index (χ4v) is 3.72. The van der Waals surface area contributed by atoms with Gasteiger partial charge in [0.25, 0.3) is 0 Å².